The summed E-state index contributed by atoms with van der Waals surface area (Å²) < 4.78 is 26.0. The molecular weight excluding hydrogens is 222 g/mol. The topological polar surface area (TPSA) is 15.3 Å². The SMILES string of the molecule is Fc1ccc(CNCCN2CCCC2)c(F)c1. The van der Waals surface area contributed by atoms with Crippen LogP contribution in [0.4, 0.5) is 8.78 Å². The van der Waals surface area contributed by atoms with Crippen molar-refractivity contribution in [3.63, 3.8) is 0 Å². The molecule has 1 saturated heterocycles. The minimum Gasteiger partial charge on any atom is -0.311 e. The molecule has 0 bridgehead atoms. The van der Waals surface area contributed by atoms with Gasteiger partial charge in [-0.25, -0.2) is 8.78 Å². The van der Waals surface area contributed by atoms with Gasteiger partial charge in [0, 0.05) is 31.3 Å². The first-order valence-corrected chi connectivity index (χ1v) is 6.13. The molecule has 17 heavy (non-hydrogen) atoms. The van der Waals surface area contributed by atoms with Gasteiger partial charge in [-0.15, -0.1) is 0 Å². The molecule has 1 aromatic carbocycles. The number of hydrogen-bond donors (Lipinski definition) is 1. The lowest BCUT2D eigenvalue weighted by Crippen LogP contribution is -2.29. The van der Waals surface area contributed by atoms with Crippen LogP contribution in [-0.4, -0.2) is 31.1 Å². The Hall–Kier alpha value is -1.00. The summed E-state index contributed by atoms with van der Waals surface area (Å²) in [6, 6.07) is 3.71. The number of rotatable bonds is 5. The van der Waals surface area contributed by atoms with E-state index < -0.39 is 11.6 Å². The molecule has 4 heteroatoms. The Morgan fingerprint density at radius 1 is 1.18 bits per heavy atom. The fraction of sp³-hybridized carbons (Fsp3) is 0.538. The molecule has 1 fully saturated rings. The van der Waals surface area contributed by atoms with Gasteiger partial charge in [-0.05, 0) is 32.0 Å². The summed E-state index contributed by atoms with van der Waals surface area (Å²) >= 11 is 0. The van der Waals surface area contributed by atoms with E-state index in [9.17, 15) is 8.78 Å². The quantitative estimate of drug-likeness (QED) is 0.793. The molecule has 1 N–H and O–H groups in total. The molecular formula is C13H18F2N2. The lowest BCUT2D eigenvalue weighted by atomic mass is 10.2. The van der Waals surface area contributed by atoms with Crippen LogP contribution in [0.15, 0.2) is 18.2 Å². The summed E-state index contributed by atoms with van der Waals surface area (Å²) in [5.74, 6) is -0.998. The molecule has 1 aliphatic rings. The molecule has 0 radical (unpaired) electrons. The van der Waals surface area contributed by atoms with Crippen molar-refractivity contribution < 1.29 is 8.78 Å². The molecule has 2 nitrogen and oxygen atoms in total. The third-order valence-corrected chi connectivity index (χ3v) is 3.13. The molecule has 0 spiro atoms. The molecule has 1 aliphatic heterocycles. The fourth-order valence-corrected chi connectivity index (χ4v) is 2.13. The highest BCUT2D eigenvalue weighted by Crippen LogP contribution is 2.09. The number of hydrogen-bond acceptors (Lipinski definition) is 2. The number of likely N-dealkylation sites (tertiary alicyclic amines) is 1. The van der Waals surface area contributed by atoms with Gasteiger partial charge in [0.05, 0.1) is 0 Å². The second kappa shape index (κ2) is 6.07. The van der Waals surface area contributed by atoms with E-state index in [0.717, 1.165) is 19.2 Å². The van der Waals surface area contributed by atoms with Crippen molar-refractivity contribution in [1.82, 2.24) is 10.2 Å². The van der Waals surface area contributed by atoms with Gasteiger partial charge in [-0.1, -0.05) is 6.07 Å². The van der Waals surface area contributed by atoms with E-state index in [1.54, 1.807) is 0 Å². The predicted molar refractivity (Wildman–Crippen MR) is 63.7 cm³/mol. The number of nitrogens with zero attached hydrogens (tertiary/aromatic N) is 1. The summed E-state index contributed by atoms with van der Waals surface area (Å²) in [6.45, 7) is 4.65. The normalized spacial score (nSPS) is 16.6. The largest absolute Gasteiger partial charge is 0.311 e. The second-order valence-corrected chi connectivity index (χ2v) is 4.46. The van der Waals surface area contributed by atoms with E-state index in [1.807, 2.05) is 0 Å². The summed E-state index contributed by atoms with van der Waals surface area (Å²) in [5, 5.41) is 3.18. The number of benzene rings is 1. The maximum absolute atomic E-state index is 13.3. The summed E-state index contributed by atoms with van der Waals surface area (Å²) in [7, 11) is 0. The Morgan fingerprint density at radius 2 is 1.94 bits per heavy atom. The zero-order valence-electron chi connectivity index (χ0n) is 9.88. The highest BCUT2D eigenvalue weighted by atomic mass is 19.1. The molecule has 0 aromatic heterocycles. The highest BCUT2D eigenvalue weighted by Gasteiger charge is 2.10. The summed E-state index contributed by atoms with van der Waals surface area (Å²) in [6.07, 6.45) is 2.57. The van der Waals surface area contributed by atoms with Gasteiger partial charge in [0.1, 0.15) is 11.6 Å². The lowest BCUT2D eigenvalue weighted by Gasteiger charge is -2.14. The van der Waals surface area contributed by atoms with Crippen LogP contribution in [0.5, 0.6) is 0 Å². The van der Waals surface area contributed by atoms with Crippen molar-refractivity contribution in [3.05, 3.63) is 35.4 Å². The third-order valence-electron chi connectivity index (χ3n) is 3.13. The minimum absolute atomic E-state index is 0.458. The van der Waals surface area contributed by atoms with Crippen LogP contribution >= 0.6 is 0 Å². The van der Waals surface area contributed by atoms with Crippen molar-refractivity contribution in [2.45, 2.75) is 19.4 Å². The first kappa shape index (κ1) is 12.5. The van der Waals surface area contributed by atoms with Crippen molar-refractivity contribution >= 4 is 0 Å². The van der Waals surface area contributed by atoms with Crippen LogP contribution in [0.1, 0.15) is 18.4 Å². The van der Waals surface area contributed by atoms with Crippen LogP contribution in [-0.2, 0) is 6.54 Å². The standard InChI is InChI=1S/C13H18F2N2/c14-12-4-3-11(13(15)9-12)10-16-5-8-17-6-1-2-7-17/h3-4,9,16H,1-2,5-8,10H2. The Morgan fingerprint density at radius 3 is 2.65 bits per heavy atom. The Kier molecular flexibility index (Phi) is 4.45. The molecule has 94 valence electrons. The monoisotopic (exact) mass is 240 g/mol. The van der Waals surface area contributed by atoms with E-state index in [4.69, 9.17) is 0 Å². The van der Waals surface area contributed by atoms with E-state index in [2.05, 4.69) is 10.2 Å². The van der Waals surface area contributed by atoms with Crippen LogP contribution in [0.3, 0.4) is 0 Å². The molecule has 0 saturated carbocycles. The first-order chi connectivity index (χ1) is 8.25. The molecule has 0 amide bonds. The zero-order valence-corrected chi connectivity index (χ0v) is 9.88. The molecule has 2 rings (SSSR count). The van der Waals surface area contributed by atoms with Gasteiger partial charge in [0.25, 0.3) is 0 Å². The van der Waals surface area contributed by atoms with Crippen LogP contribution in [0.2, 0.25) is 0 Å². The lowest BCUT2D eigenvalue weighted by molar-refractivity contribution is 0.335. The Labute approximate surface area is 101 Å². The first-order valence-electron chi connectivity index (χ1n) is 6.13. The van der Waals surface area contributed by atoms with Crippen molar-refractivity contribution in [2.24, 2.45) is 0 Å². The second-order valence-electron chi connectivity index (χ2n) is 4.46. The van der Waals surface area contributed by atoms with E-state index in [-0.39, 0.29) is 0 Å². The average molecular weight is 240 g/mol. The molecule has 1 heterocycles. The average Bonchev–Trinajstić information content (AvgIpc) is 2.79. The fourth-order valence-electron chi connectivity index (χ4n) is 2.13. The maximum atomic E-state index is 13.3. The maximum Gasteiger partial charge on any atom is 0.130 e. The Balaban J connectivity index is 1.70. The van der Waals surface area contributed by atoms with Gasteiger partial charge >= 0.3 is 0 Å². The molecule has 0 unspecified atom stereocenters. The number of halogens is 2. The van der Waals surface area contributed by atoms with Gasteiger partial charge in [0.15, 0.2) is 0 Å². The van der Waals surface area contributed by atoms with Crippen LogP contribution in [0, 0.1) is 11.6 Å². The molecule has 0 aliphatic carbocycles. The molecule has 0 atom stereocenters. The zero-order chi connectivity index (χ0) is 12.1. The van der Waals surface area contributed by atoms with E-state index >= 15 is 0 Å². The molecule has 1 aromatic rings. The van der Waals surface area contributed by atoms with Gasteiger partial charge < -0.3 is 10.2 Å². The van der Waals surface area contributed by atoms with Crippen LogP contribution in [0.25, 0.3) is 0 Å². The van der Waals surface area contributed by atoms with Gasteiger partial charge in [-0.2, -0.15) is 0 Å². The van der Waals surface area contributed by atoms with E-state index in [1.165, 1.54) is 38.1 Å². The third kappa shape index (κ3) is 3.75. The predicted octanol–water partition coefficient (Wildman–Crippen LogP) is 2.15. The highest BCUT2D eigenvalue weighted by molar-refractivity contribution is 5.18. The van der Waals surface area contributed by atoms with Gasteiger partial charge in [0.2, 0.25) is 0 Å². The summed E-state index contributed by atoms with van der Waals surface area (Å²) in [5.41, 5.74) is 0.521. The van der Waals surface area contributed by atoms with E-state index in [0.29, 0.717) is 12.1 Å². The number of nitrogens with one attached hydrogen (secondary N) is 1. The van der Waals surface area contributed by atoms with Crippen molar-refractivity contribution in [3.8, 4) is 0 Å². The van der Waals surface area contributed by atoms with Gasteiger partial charge in [-0.3, -0.25) is 0 Å². The smallest absolute Gasteiger partial charge is 0.130 e. The summed E-state index contributed by atoms with van der Waals surface area (Å²) in [4.78, 5) is 2.40. The minimum atomic E-state index is -0.525. The van der Waals surface area contributed by atoms with Crippen LogP contribution < -0.4 is 5.32 Å². The van der Waals surface area contributed by atoms with Crippen molar-refractivity contribution in [1.29, 1.82) is 0 Å². The Bertz CT molecular complexity index is 362. The van der Waals surface area contributed by atoms with Crippen molar-refractivity contribution in [2.75, 3.05) is 26.2 Å².